The van der Waals surface area contributed by atoms with Crippen LogP contribution in [0.2, 0.25) is 0 Å². The number of benzene rings is 3. The Hall–Kier alpha value is -4.77. The van der Waals surface area contributed by atoms with E-state index in [-0.39, 0.29) is 5.91 Å². The molecule has 0 saturated carbocycles. The molecule has 1 heterocycles. The molecular weight excluding hydrogens is 532 g/mol. The number of carbonyl (C=O) groups is 3. The van der Waals surface area contributed by atoms with Gasteiger partial charge in [-0.25, -0.2) is 9.59 Å². The minimum Gasteiger partial charge on any atom is -0.497 e. The first-order valence-electron chi connectivity index (χ1n) is 12.8. The average molecular weight is 567 g/mol. The van der Waals surface area contributed by atoms with Gasteiger partial charge in [-0.05, 0) is 35.4 Å². The molecule has 1 aliphatic heterocycles. The van der Waals surface area contributed by atoms with Gasteiger partial charge in [-0.1, -0.05) is 36.4 Å². The van der Waals surface area contributed by atoms with Gasteiger partial charge in [0.2, 0.25) is 0 Å². The van der Waals surface area contributed by atoms with Crippen molar-refractivity contribution in [3.8, 4) is 23.0 Å². The zero-order chi connectivity index (χ0) is 29.8. The summed E-state index contributed by atoms with van der Waals surface area (Å²) in [7, 11) is 4.82. The number of carbonyl (C=O) groups excluding carboxylic acids is 1. The van der Waals surface area contributed by atoms with E-state index in [0.29, 0.717) is 42.5 Å². The number of ether oxygens (including phenoxy) is 4. The second kappa shape index (κ2) is 15.1. The molecule has 4 rings (SSSR count). The Kier molecular flexibility index (Phi) is 11.4. The van der Waals surface area contributed by atoms with Crippen LogP contribution in [0.3, 0.4) is 0 Å². The number of piperazine rings is 1. The van der Waals surface area contributed by atoms with E-state index in [1.54, 1.807) is 39.5 Å². The molecule has 3 aromatic carbocycles. The van der Waals surface area contributed by atoms with Crippen molar-refractivity contribution >= 4 is 17.8 Å². The van der Waals surface area contributed by atoms with Gasteiger partial charge in [-0.15, -0.1) is 0 Å². The van der Waals surface area contributed by atoms with Crippen molar-refractivity contribution in [2.45, 2.75) is 13.2 Å². The molecule has 1 fully saturated rings. The van der Waals surface area contributed by atoms with Crippen LogP contribution >= 0.6 is 0 Å². The first-order valence-corrected chi connectivity index (χ1v) is 12.8. The third-order valence-corrected chi connectivity index (χ3v) is 6.31. The van der Waals surface area contributed by atoms with Gasteiger partial charge in [-0.2, -0.15) is 0 Å². The highest BCUT2D eigenvalue weighted by Gasteiger charge is 2.23. The van der Waals surface area contributed by atoms with Gasteiger partial charge in [0, 0.05) is 44.4 Å². The lowest BCUT2D eigenvalue weighted by Crippen LogP contribution is -2.48. The number of carboxylic acids is 2. The van der Waals surface area contributed by atoms with Gasteiger partial charge in [-0.3, -0.25) is 9.69 Å². The standard InChI is InChI=1S/C28H32N2O5.C2H2O4/c1-32-24-16-23(17-25(18-24)33-2)28(31)30-13-11-29(12-14-30)19-22-9-10-26(34-3)27(15-22)35-20-21-7-5-4-6-8-21;3-1(4)2(5)6/h4-10,15-18H,11-14,19-20H2,1-3H3;(H,3,4)(H,5,6). The normalized spacial score (nSPS) is 12.9. The minimum atomic E-state index is -1.82. The fourth-order valence-corrected chi connectivity index (χ4v) is 4.15. The fraction of sp³-hybridized carbons (Fsp3) is 0.300. The lowest BCUT2D eigenvalue weighted by molar-refractivity contribution is -0.159. The Balaban J connectivity index is 0.000000696. The fourth-order valence-electron chi connectivity index (χ4n) is 4.15. The zero-order valence-corrected chi connectivity index (χ0v) is 23.2. The third kappa shape index (κ3) is 9.14. The highest BCUT2D eigenvalue weighted by Crippen LogP contribution is 2.30. The second-order valence-electron chi connectivity index (χ2n) is 9.04. The molecule has 0 radical (unpaired) electrons. The van der Waals surface area contributed by atoms with Gasteiger partial charge >= 0.3 is 11.9 Å². The summed E-state index contributed by atoms with van der Waals surface area (Å²) >= 11 is 0. The number of amides is 1. The smallest absolute Gasteiger partial charge is 0.414 e. The summed E-state index contributed by atoms with van der Waals surface area (Å²) in [4.78, 5) is 35.5. The first kappa shape index (κ1) is 30.8. The monoisotopic (exact) mass is 566 g/mol. The minimum absolute atomic E-state index is 0.0112. The van der Waals surface area contributed by atoms with Gasteiger partial charge in [0.25, 0.3) is 5.91 Å². The summed E-state index contributed by atoms with van der Waals surface area (Å²) in [5.74, 6) is -0.997. The van der Waals surface area contributed by atoms with Crippen LogP contribution < -0.4 is 18.9 Å². The van der Waals surface area contributed by atoms with Crippen LogP contribution in [-0.2, 0) is 22.7 Å². The highest BCUT2D eigenvalue weighted by atomic mass is 16.5. The van der Waals surface area contributed by atoms with Crippen molar-refractivity contribution in [1.82, 2.24) is 9.80 Å². The Labute approximate surface area is 238 Å². The summed E-state index contributed by atoms with van der Waals surface area (Å²) in [6.07, 6.45) is 0. The number of aliphatic carboxylic acids is 2. The molecule has 41 heavy (non-hydrogen) atoms. The van der Waals surface area contributed by atoms with Gasteiger partial charge in [0.15, 0.2) is 11.5 Å². The lowest BCUT2D eigenvalue weighted by atomic mass is 10.1. The van der Waals surface area contributed by atoms with Crippen LogP contribution in [0.4, 0.5) is 0 Å². The number of methoxy groups -OCH3 is 3. The maximum atomic E-state index is 13.1. The Bertz CT molecular complexity index is 1290. The number of carboxylic acid groups (broad SMARTS) is 2. The van der Waals surface area contributed by atoms with Gasteiger partial charge in [0.1, 0.15) is 18.1 Å². The van der Waals surface area contributed by atoms with E-state index in [4.69, 9.17) is 38.7 Å². The van der Waals surface area contributed by atoms with Crippen molar-refractivity contribution in [3.63, 3.8) is 0 Å². The predicted octanol–water partition coefficient (Wildman–Crippen LogP) is 3.41. The van der Waals surface area contributed by atoms with E-state index in [9.17, 15) is 4.79 Å². The van der Waals surface area contributed by atoms with E-state index in [2.05, 4.69) is 11.0 Å². The maximum absolute atomic E-state index is 13.1. The Morgan fingerprint density at radius 3 is 1.85 bits per heavy atom. The van der Waals surface area contributed by atoms with E-state index in [1.165, 1.54) is 0 Å². The molecule has 0 atom stereocenters. The molecule has 0 unspecified atom stereocenters. The zero-order valence-electron chi connectivity index (χ0n) is 23.2. The molecule has 3 aromatic rings. The molecular formula is C30H34N2O9. The molecule has 2 N–H and O–H groups in total. The van der Waals surface area contributed by atoms with Crippen molar-refractivity contribution < 1.29 is 43.5 Å². The predicted molar refractivity (Wildman–Crippen MR) is 150 cm³/mol. The van der Waals surface area contributed by atoms with Crippen LogP contribution in [0.5, 0.6) is 23.0 Å². The summed E-state index contributed by atoms with van der Waals surface area (Å²) in [5.41, 5.74) is 2.82. The molecule has 218 valence electrons. The van der Waals surface area contributed by atoms with E-state index < -0.39 is 11.9 Å². The molecule has 1 saturated heterocycles. The van der Waals surface area contributed by atoms with Crippen molar-refractivity contribution in [2.24, 2.45) is 0 Å². The summed E-state index contributed by atoms with van der Waals surface area (Å²) in [6, 6.07) is 21.4. The summed E-state index contributed by atoms with van der Waals surface area (Å²) in [5, 5.41) is 14.8. The maximum Gasteiger partial charge on any atom is 0.414 e. The SMILES string of the molecule is COc1cc(OC)cc(C(=O)N2CCN(Cc3ccc(OC)c(OCc4ccccc4)c3)CC2)c1.O=C(O)C(=O)O. The molecule has 0 aliphatic carbocycles. The van der Waals surface area contributed by atoms with Crippen LogP contribution in [0.15, 0.2) is 66.7 Å². The van der Waals surface area contributed by atoms with Crippen LogP contribution in [-0.4, -0.2) is 85.4 Å². The molecule has 0 bridgehead atoms. The lowest BCUT2D eigenvalue weighted by Gasteiger charge is -2.35. The van der Waals surface area contributed by atoms with Crippen molar-refractivity contribution in [2.75, 3.05) is 47.5 Å². The quantitative estimate of drug-likeness (QED) is 0.371. The Morgan fingerprint density at radius 1 is 0.707 bits per heavy atom. The highest BCUT2D eigenvalue weighted by molar-refractivity contribution is 6.27. The second-order valence-corrected chi connectivity index (χ2v) is 9.04. The molecule has 11 nitrogen and oxygen atoms in total. The topological polar surface area (TPSA) is 135 Å². The van der Waals surface area contributed by atoms with Gasteiger partial charge in [0.05, 0.1) is 21.3 Å². The first-order chi connectivity index (χ1) is 19.7. The summed E-state index contributed by atoms with van der Waals surface area (Å²) < 4.78 is 22.2. The number of rotatable bonds is 9. The van der Waals surface area contributed by atoms with E-state index >= 15 is 0 Å². The van der Waals surface area contributed by atoms with Crippen molar-refractivity contribution in [3.05, 3.63) is 83.4 Å². The van der Waals surface area contributed by atoms with Crippen LogP contribution in [0, 0.1) is 0 Å². The average Bonchev–Trinajstić information content (AvgIpc) is 3.00. The van der Waals surface area contributed by atoms with Crippen LogP contribution in [0.25, 0.3) is 0 Å². The van der Waals surface area contributed by atoms with E-state index in [1.807, 2.05) is 47.4 Å². The molecule has 1 aliphatic rings. The Morgan fingerprint density at radius 2 is 1.32 bits per heavy atom. The van der Waals surface area contributed by atoms with Gasteiger partial charge < -0.3 is 34.1 Å². The molecule has 11 heteroatoms. The summed E-state index contributed by atoms with van der Waals surface area (Å²) in [6.45, 7) is 4.16. The molecule has 0 aromatic heterocycles. The number of hydrogen-bond acceptors (Lipinski definition) is 8. The van der Waals surface area contributed by atoms with Crippen LogP contribution in [0.1, 0.15) is 21.5 Å². The van der Waals surface area contributed by atoms with Crippen molar-refractivity contribution in [1.29, 1.82) is 0 Å². The molecule has 1 amide bonds. The van der Waals surface area contributed by atoms with E-state index in [0.717, 1.165) is 36.5 Å². The largest absolute Gasteiger partial charge is 0.497 e. The number of nitrogens with zero attached hydrogens (tertiary/aromatic N) is 2. The third-order valence-electron chi connectivity index (χ3n) is 6.31. The molecule has 0 spiro atoms. The number of hydrogen-bond donors (Lipinski definition) is 2.